The van der Waals surface area contributed by atoms with Crippen molar-refractivity contribution >= 4 is 0 Å². The van der Waals surface area contributed by atoms with Crippen LogP contribution in [-0.4, -0.2) is 47.6 Å². The lowest BCUT2D eigenvalue weighted by Gasteiger charge is -2.39. The van der Waals surface area contributed by atoms with Gasteiger partial charge in [0, 0.05) is 17.6 Å². The molecule has 0 aliphatic carbocycles. The largest absolute Gasteiger partial charge is 0.508 e. The molecule has 1 unspecified atom stereocenters. The van der Waals surface area contributed by atoms with Crippen molar-refractivity contribution in [2.24, 2.45) is 0 Å². The minimum absolute atomic E-state index is 0.0175. The smallest absolute Gasteiger partial charge is 0.123 e. The van der Waals surface area contributed by atoms with E-state index < -0.39 is 0 Å². The fourth-order valence-corrected chi connectivity index (χ4v) is 3.04. The fourth-order valence-electron chi connectivity index (χ4n) is 3.04. The number of hydrogen-bond acceptors (Lipinski definition) is 3. The first-order chi connectivity index (χ1) is 9.52. The molecule has 1 aromatic rings. The van der Waals surface area contributed by atoms with Crippen molar-refractivity contribution < 1.29 is 9.50 Å². The first-order valence-corrected chi connectivity index (χ1v) is 7.45. The Bertz CT molecular complexity index is 444. The van der Waals surface area contributed by atoms with Gasteiger partial charge in [0.15, 0.2) is 0 Å². The van der Waals surface area contributed by atoms with Gasteiger partial charge < -0.3 is 10.0 Å². The Morgan fingerprint density at radius 1 is 1.40 bits per heavy atom. The van der Waals surface area contributed by atoms with E-state index in [0.29, 0.717) is 11.6 Å². The molecule has 2 rings (SSSR count). The Morgan fingerprint density at radius 3 is 2.65 bits per heavy atom. The number of halogens is 1. The lowest BCUT2D eigenvalue weighted by Crippen LogP contribution is -2.44. The summed E-state index contributed by atoms with van der Waals surface area (Å²) in [6, 6.07) is 4.69. The molecule has 1 fully saturated rings. The molecule has 1 aromatic carbocycles. The van der Waals surface area contributed by atoms with E-state index in [1.807, 2.05) is 6.92 Å². The van der Waals surface area contributed by atoms with Gasteiger partial charge in [0.1, 0.15) is 11.6 Å². The zero-order chi connectivity index (χ0) is 14.7. The fraction of sp³-hybridized carbons (Fsp3) is 0.625. The maximum Gasteiger partial charge on any atom is 0.123 e. The molecule has 0 amide bonds. The van der Waals surface area contributed by atoms with E-state index in [-0.39, 0.29) is 17.6 Å². The molecular formula is C16H25FN2O. The van der Waals surface area contributed by atoms with Crippen LogP contribution in [0.1, 0.15) is 38.3 Å². The van der Waals surface area contributed by atoms with Crippen molar-refractivity contribution in [1.29, 1.82) is 0 Å². The number of aromatic hydroxyl groups is 1. The van der Waals surface area contributed by atoms with Crippen molar-refractivity contribution in [1.82, 2.24) is 9.80 Å². The summed E-state index contributed by atoms with van der Waals surface area (Å²) in [4.78, 5) is 4.72. The van der Waals surface area contributed by atoms with Gasteiger partial charge >= 0.3 is 0 Å². The molecular weight excluding hydrogens is 255 g/mol. The molecule has 112 valence electrons. The molecule has 0 aromatic heterocycles. The third-order valence-electron chi connectivity index (χ3n) is 4.63. The summed E-state index contributed by atoms with van der Waals surface area (Å²) in [5.74, 6) is -0.115. The quantitative estimate of drug-likeness (QED) is 0.918. The van der Waals surface area contributed by atoms with Crippen LogP contribution < -0.4 is 0 Å². The molecule has 0 bridgehead atoms. The molecule has 0 spiro atoms. The van der Waals surface area contributed by atoms with E-state index in [2.05, 4.69) is 23.8 Å². The topological polar surface area (TPSA) is 26.7 Å². The number of benzene rings is 1. The number of piperidine rings is 1. The predicted molar refractivity (Wildman–Crippen MR) is 79.4 cm³/mol. The minimum atomic E-state index is -0.293. The number of hydrogen-bond donors (Lipinski definition) is 1. The Labute approximate surface area is 121 Å². The van der Waals surface area contributed by atoms with Crippen LogP contribution in [0.3, 0.4) is 0 Å². The molecule has 1 N–H and O–H groups in total. The summed E-state index contributed by atoms with van der Waals surface area (Å²) < 4.78 is 13.4. The molecule has 0 radical (unpaired) electrons. The summed E-state index contributed by atoms with van der Waals surface area (Å²) in [6.07, 6.45) is 2.26. The van der Waals surface area contributed by atoms with Gasteiger partial charge in [-0.15, -0.1) is 0 Å². The van der Waals surface area contributed by atoms with Crippen LogP contribution in [0, 0.1) is 5.82 Å². The zero-order valence-corrected chi connectivity index (χ0v) is 12.6. The Kier molecular flexibility index (Phi) is 5.00. The van der Waals surface area contributed by atoms with Crippen molar-refractivity contribution in [3.63, 3.8) is 0 Å². The second kappa shape index (κ2) is 6.55. The summed E-state index contributed by atoms with van der Waals surface area (Å²) in [5.41, 5.74) is 0.672. The van der Waals surface area contributed by atoms with Crippen LogP contribution in [0.15, 0.2) is 18.2 Å². The van der Waals surface area contributed by atoms with Crippen LogP contribution in [0.4, 0.5) is 4.39 Å². The number of rotatable bonds is 4. The SMILES string of the molecule is CCN1CCC(N(C)C(C)c2cc(F)ccc2O)CC1. The third kappa shape index (κ3) is 3.30. The highest BCUT2D eigenvalue weighted by molar-refractivity contribution is 5.35. The normalized spacial score (nSPS) is 19.4. The number of phenols is 1. The minimum Gasteiger partial charge on any atom is -0.508 e. The van der Waals surface area contributed by atoms with Gasteiger partial charge in [-0.1, -0.05) is 6.92 Å². The second-order valence-electron chi connectivity index (χ2n) is 5.71. The van der Waals surface area contributed by atoms with Crippen molar-refractivity contribution in [2.45, 2.75) is 38.8 Å². The van der Waals surface area contributed by atoms with Gasteiger partial charge in [-0.2, -0.15) is 0 Å². The lowest BCUT2D eigenvalue weighted by atomic mass is 9.99. The van der Waals surface area contributed by atoms with Crippen molar-refractivity contribution in [3.05, 3.63) is 29.6 Å². The Morgan fingerprint density at radius 2 is 2.05 bits per heavy atom. The highest BCUT2D eigenvalue weighted by atomic mass is 19.1. The number of likely N-dealkylation sites (tertiary alicyclic amines) is 1. The second-order valence-corrected chi connectivity index (χ2v) is 5.71. The molecule has 0 saturated carbocycles. The molecule has 1 aliphatic heterocycles. The summed E-state index contributed by atoms with van der Waals surface area (Å²) >= 11 is 0. The molecule has 1 saturated heterocycles. The van der Waals surface area contributed by atoms with Gasteiger partial charge in [-0.3, -0.25) is 4.90 Å². The van der Waals surface area contributed by atoms with Crippen molar-refractivity contribution in [2.75, 3.05) is 26.7 Å². The van der Waals surface area contributed by atoms with Crippen LogP contribution in [0.2, 0.25) is 0 Å². The molecule has 4 heteroatoms. The van der Waals surface area contributed by atoms with Crippen molar-refractivity contribution in [3.8, 4) is 5.75 Å². The van der Waals surface area contributed by atoms with E-state index in [4.69, 9.17) is 0 Å². The molecule has 1 aliphatic rings. The summed E-state index contributed by atoms with van der Waals surface area (Å²) in [5, 5.41) is 9.93. The van der Waals surface area contributed by atoms with Gasteiger partial charge in [0.25, 0.3) is 0 Å². The summed E-state index contributed by atoms with van der Waals surface area (Å²) in [6.45, 7) is 7.57. The highest BCUT2D eigenvalue weighted by Crippen LogP contribution is 2.31. The van der Waals surface area contributed by atoms with Crippen LogP contribution in [0.5, 0.6) is 5.75 Å². The Hall–Kier alpha value is -1.13. The van der Waals surface area contributed by atoms with E-state index >= 15 is 0 Å². The van der Waals surface area contributed by atoms with Crippen LogP contribution in [-0.2, 0) is 0 Å². The zero-order valence-electron chi connectivity index (χ0n) is 12.6. The first kappa shape index (κ1) is 15.3. The van der Waals surface area contributed by atoms with Gasteiger partial charge in [0.2, 0.25) is 0 Å². The maximum atomic E-state index is 13.4. The molecule has 20 heavy (non-hydrogen) atoms. The van der Waals surface area contributed by atoms with Crippen LogP contribution >= 0.6 is 0 Å². The monoisotopic (exact) mass is 280 g/mol. The summed E-state index contributed by atoms with van der Waals surface area (Å²) in [7, 11) is 2.07. The van der Waals surface area contributed by atoms with E-state index in [1.54, 1.807) is 0 Å². The van der Waals surface area contributed by atoms with Gasteiger partial charge in [-0.05, 0) is 64.6 Å². The standard InChI is InChI=1S/C16H25FN2O/c1-4-19-9-7-14(8-10-19)18(3)12(2)15-11-13(17)5-6-16(15)20/h5-6,11-12,14,20H,4,7-10H2,1-3H3. The number of nitrogens with zero attached hydrogens (tertiary/aromatic N) is 2. The lowest BCUT2D eigenvalue weighted by molar-refractivity contribution is 0.103. The average Bonchev–Trinajstić information content (AvgIpc) is 2.48. The van der Waals surface area contributed by atoms with Gasteiger partial charge in [-0.25, -0.2) is 4.39 Å². The van der Waals surface area contributed by atoms with Crippen LogP contribution in [0.25, 0.3) is 0 Å². The molecule has 1 atom stereocenters. The van der Waals surface area contributed by atoms with E-state index in [0.717, 1.165) is 32.5 Å². The van der Waals surface area contributed by atoms with E-state index in [9.17, 15) is 9.50 Å². The Balaban J connectivity index is 2.05. The molecule has 1 heterocycles. The number of phenolic OH excluding ortho intramolecular Hbond substituents is 1. The predicted octanol–water partition coefficient (Wildman–Crippen LogP) is 3.01. The average molecular weight is 280 g/mol. The molecule has 3 nitrogen and oxygen atoms in total. The van der Waals surface area contributed by atoms with Gasteiger partial charge in [0.05, 0.1) is 0 Å². The van der Waals surface area contributed by atoms with E-state index in [1.165, 1.54) is 18.2 Å². The first-order valence-electron chi connectivity index (χ1n) is 7.45. The maximum absolute atomic E-state index is 13.4. The third-order valence-corrected chi connectivity index (χ3v) is 4.63. The highest BCUT2D eigenvalue weighted by Gasteiger charge is 2.26.